The molecule has 1 aromatic heterocycles. The molecule has 1 aliphatic rings. The fourth-order valence-corrected chi connectivity index (χ4v) is 3.22. The SMILES string of the molecule is O=C(Cc1ccccn1)NNC(=O)C1(c2ccc(Cl)cc2)CCOCC1. The number of ether oxygens (including phenoxy) is 1. The van der Waals surface area contributed by atoms with Crippen LogP contribution in [0.4, 0.5) is 0 Å². The van der Waals surface area contributed by atoms with E-state index in [0.29, 0.717) is 36.8 Å². The lowest BCUT2D eigenvalue weighted by atomic mass is 9.73. The van der Waals surface area contributed by atoms with Gasteiger partial charge in [-0.3, -0.25) is 25.4 Å². The number of aromatic nitrogens is 1. The Morgan fingerprint density at radius 3 is 2.46 bits per heavy atom. The second kappa shape index (κ2) is 8.29. The molecule has 0 bridgehead atoms. The van der Waals surface area contributed by atoms with Crippen molar-refractivity contribution >= 4 is 23.4 Å². The van der Waals surface area contributed by atoms with Gasteiger partial charge in [-0.2, -0.15) is 0 Å². The van der Waals surface area contributed by atoms with Crippen molar-refractivity contribution in [3.63, 3.8) is 0 Å². The van der Waals surface area contributed by atoms with Gasteiger partial charge in [-0.25, -0.2) is 0 Å². The average Bonchev–Trinajstić information content (AvgIpc) is 2.68. The third kappa shape index (κ3) is 4.20. The maximum absolute atomic E-state index is 12.9. The van der Waals surface area contributed by atoms with Gasteiger partial charge in [0, 0.05) is 30.1 Å². The normalized spacial score (nSPS) is 15.9. The van der Waals surface area contributed by atoms with Crippen LogP contribution < -0.4 is 10.9 Å². The molecule has 136 valence electrons. The molecular weight excluding hydrogens is 354 g/mol. The van der Waals surface area contributed by atoms with Crippen LogP contribution >= 0.6 is 11.6 Å². The Hall–Kier alpha value is -2.44. The molecule has 1 aliphatic heterocycles. The van der Waals surface area contributed by atoms with Crippen molar-refractivity contribution in [2.45, 2.75) is 24.7 Å². The smallest absolute Gasteiger partial charge is 0.249 e. The first kappa shape index (κ1) is 18.4. The van der Waals surface area contributed by atoms with E-state index >= 15 is 0 Å². The number of amides is 2. The number of rotatable bonds is 4. The van der Waals surface area contributed by atoms with Crippen LogP contribution in [0.1, 0.15) is 24.1 Å². The summed E-state index contributed by atoms with van der Waals surface area (Å²) >= 11 is 5.97. The van der Waals surface area contributed by atoms with Crippen molar-refractivity contribution in [1.82, 2.24) is 15.8 Å². The fraction of sp³-hybridized carbons (Fsp3) is 0.316. The van der Waals surface area contributed by atoms with Crippen molar-refractivity contribution in [3.8, 4) is 0 Å². The highest BCUT2D eigenvalue weighted by Crippen LogP contribution is 2.35. The monoisotopic (exact) mass is 373 g/mol. The molecule has 1 fully saturated rings. The first-order chi connectivity index (χ1) is 12.6. The van der Waals surface area contributed by atoms with E-state index in [4.69, 9.17) is 16.3 Å². The summed E-state index contributed by atoms with van der Waals surface area (Å²) in [5.74, 6) is -0.576. The van der Waals surface area contributed by atoms with Crippen LogP contribution in [0.5, 0.6) is 0 Å². The van der Waals surface area contributed by atoms with E-state index in [-0.39, 0.29) is 18.2 Å². The molecule has 1 aromatic carbocycles. The molecule has 2 amide bonds. The highest BCUT2D eigenvalue weighted by molar-refractivity contribution is 6.30. The number of nitrogens with zero attached hydrogens (tertiary/aromatic N) is 1. The maximum atomic E-state index is 12.9. The summed E-state index contributed by atoms with van der Waals surface area (Å²) in [6.45, 7) is 0.968. The van der Waals surface area contributed by atoms with E-state index in [0.717, 1.165) is 5.56 Å². The zero-order chi connectivity index (χ0) is 18.4. The van der Waals surface area contributed by atoms with Crippen LogP contribution in [-0.4, -0.2) is 30.0 Å². The fourth-order valence-electron chi connectivity index (χ4n) is 3.09. The molecule has 3 rings (SSSR count). The Kier molecular flexibility index (Phi) is 5.85. The molecule has 0 unspecified atom stereocenters. The molecule has 2 aromatic rings. The lowest BCUT2D eigenvalue weighted by Gasteiger charge is -2.36. The topological polar surface area (TPSA) is 80.3 Å². The van der Waals surface area contributed by atoms with Crippen molar-refractivity contribution in [2.75, 3.05) is 13.2 Å². The molecule has 26 heavy (non-hydrogen) atoms. The molecular formula is C19H20ClN3O3. The molecule has 2 N–H and O–H groups in total. The van der Waals surface area contributed by atoms with Gasteiger partial charge in [-0.1, -0.05) is 29.8 Å². The Morgan fingerprint density at radius 1 is 1.08 bits per heavy atom. The standard InChI is InChI=1S/C19H20ClN3O3/c20-15-6-4-14(5-7-15)19(8-11-26-12-9-19)18(25)23-22-17(24)13-16-3-1-2-10-21-16/h1-7,10H,8-9,11-13H2,(H,22,24)(H,23,25). The molecule has 0 saturated carbocycles. The van der Waals surface area contributed by atoms with Gasteiger partial charge < -0.3 is 4.74 Å². The van der Waals surface area contributed by atoms with Gasteiger partial charge in [0.25, 0.3) is 0 Å². The van der Waals surface area contributed by atoms with E-state index in [2.05, 4.69) is 15.8 Å². The molecule has 0 aliphatic carbocycles. The van der Waals surface area contributed by atoms with Gasteiger partial charge in [-0.05, 0) is 42.7 Å². The first-order valence-corrected chi connectivity index (χ1v) is 8.81. The molecule has 1 saturated heterocycles. The molecule has 6 nitrogen and oxygen atoms in total. The van der Waals surface area contributed by atoms with Gasteiger partial charge in [0.2, 0.25) is 11.8 Å². The average molecular weight is 374 g/mol. The van der Waals surface area contributed by atoms with Gasteiger partial charge in [0.1, 0.15) is 0 Å². The molecule has 7 heteroatoms. The van der Waals surface area contributed by atoms with Crippen molar-refractivity contribution < 1.29 is 14.3 Å². The van der Waals surface area contributed by atoms with Gasteiger partial charge in [0.15, 0.2) is 0 Å². The van der Waals surface area contributed by atoms with Crippen LogP contribution in [0, 0.1) is 0 Å². The number of benzene rings is 1. The number of pyridine rings is 1. The van der Waals surface area contributed by atoms with E-state index in [9.17, 15) is 9.59 Å². The van der Waals surface area contributed by atoms with Gasteiger partial charge >= 0.3 is 0 Å². The summed E-state index contributed by atoms with van der Waals surface area (Å²) in [5.41, 5.74) is 5.81. The highest BCUT2D eigenvalue weighted by atomic mass is 35.5. The van der Waals surface area contributed by atoms with E-state index < -0.39 is 5.41 Å². The second-order valence-corrected chi connectivity index (χ2v) is 6.64. The highest BCUT2D eigenvalue weighted by Gasteiger charge is 2.41. The lowest BCUT2D eigenvalue weighted by Crippen LogP contribution is -2.53. The number of nitrogens with one attached hydrogen (secondary N) is 2. The molecule has 2 heterocycles. The van der Waals surface area contributed by atoms with Crippen molar-refractivity contribution in [3.05, 3.63) is 64.9 Å². The predicted molar refractivity (Wildman–Crippen MR) is 97.4 cm³/mol. The lowest BCUT2D eigenvalue weighted by molar-refractivity contribution is -0.135. The van der Waals surface area contributed by atoms with Crippen LogP contribution in [0.15, 0.2) is 48.7 Å². The van der Waals surface area contributed by atoms with E-state index in [1.165, 1.54) is 0 Å². The summed E-state index contributed by atoms with van der Waals surface area (Å²) in [5, 5.41) is 0.611. The number of hydrogen-bond donors (Lipinski definition) is 2. The summed E-state index contributed by atoms with van der Waals surface area (Å²) in [4.78, 5) is 29.1. The predicted octanol–water partition coefficient (Wildman–Crippen LogP) is 2.17. The van der Waals surface area contributed by atoms with Gasteiger partial charge in [-0.15, -0.1) is 0 Å². The van der Waals surface area contributed by atoms with Crippen LogP contribution in [0.2, 0.25) is 5.02 Å². The second-order valence-electron chi connectivity index (χ2n) is 6.20. The third-order valence-electron chi connectivity index (χ3n) is 4.56. The Labute approximate surface area is 156 Å². The minimum absolute atomic E-state index is 0.0954. The van der Waals surface area contributed by atoms with Crippen LogP contribution in [0.25, 0.3) is 0 Å². The largest absolute Gasteiger partial charge is 0.381 e. The number of hydrogen-bond acceptors (Lipinski definition) is 4. The van der Waals surface area contributed by atoms with E-state index in [1.807, 2.05) is 18.2 Å². The Morgan fingerprint density at radius 2 is 1.81 bits per heavy atom. The summed E-state index contributed by atoms with van der Waals surface area (Å²) in [6, 6.07) is 12.6. The number of hydrazine groups is 1. The number of carbonyl (C=O) groups is 2. The quantitative estimate of drug-likeness (QED) is 0.805. The Balaban J connectivity index is 1.68. The third-order valence-corrected chi connectivity index (χ3v) is 4.81. The van der Waals surface area contributed by atoms with Crippen LogP contribution in [0.3, 0.4) is 0 Å². The van der Waals surface area contributed by atoms with Crippen molar-refractivity contribution in [2.24, 2.45) is 0 Å². The summed E-state index contributed by atoms with van der Waals surface area (Å²) in [7, 11) is 0. The van der Waals surface area contributed by atoms with Gasteiger partial charge in [0.05, 0.1) is 11.8 Å². The van der Waals surface area contributed by atoms with E-state index in [1.54, 1.807) is 30.5 Å². The zero-order valence-electron chi connectivity index (χ0n) is 14.2. The zero-order valence-corrected chi connectivity index (χ0v) is 15.0. The summed E-state index contributed by atoms with van der Waals surface area (Å²) in [6.07, 6.45) is 2.80. The van der Waals surface area contributed by atoms with Crippen LogP contribution in [-0.2, 0) is 26.2 Å². The minimum atomic E-state index is -0.749. The van der Waals surface area contributed by atoms with Crippen molar-refractivity contribution in [1.29, 1.82) is 0 Å². The molecule has 0 spiro atoms. The minimum Gasteiger partial charge on any atom is -0.381 e. The summed E-state index contributed by atoms with van der Waals surface area (Å²) < 4.78 is 5.42. The number of halogens is 1. The molecule has 0 radical (unpaired) electrons. The first-order valence-electron chi connectivity index (χ1n) is 8.43. The maximum Gasteiger partial charge on any atom is 0.249 e. The molecule has 0 atom stereocenters. The number of carbonyl (C=O) groups excluding carboxylic acids is 2. The Bertz CT molecular complexity index is 759.